The molecule has 1 aromatic carbocycles. The summed E-state index contributed by atoms with van der Waals surface area (Å²) < 4.78 is 1.98. The number of aryl methyl sites for hydroxylation is 1. The lowest BCUT2D eigenvalue weighted by molar-refractivity contribution is 0.0930. The topological polar surface area (TPSA) is 72.2 Å². The predicted octanol–water partition coefficient (Wildman–Crippen LogP) is 3.98. The standard InChI is InChI=1S/C23H21N5O/c1-15-8-9-25-19(12-15)22(17-4-5-17)27-23(29)18-6-2-16(3-7-18)20-13-26-21-14-24-10-11-28(20)21/h2-3,6-14,17,22H,4-5H2,1H3,(H,27,29). The number of aromatic nitrogens is 4. The Kier molecular flexibility index (Phi) is 4.31. The quantitative estimate of drug-likeness (QED) is 0.566. The first-order chi connectivity index (χ1) is 14.2. The summed E-state index contributed by atoms with van der Waals surface area (Å²) in [7, 11) is 0. The lowest BCUT2D eigenvalue weighted by Crippen LogP contribution is -2.30. The Hall–Kier alpha value is -3.54. The molecule has 1 unspecified atom stereocenters. The van der Waals surface area contributed by atoms with Crippen LogP contribution in [0.2, 0.25) is 0 Å². The van der Waals surface area contributed by atoms with Gasteiger partial charge in [-0.15, -0.1) is 0 Å². The van der Waals surface area contributed by atoms with E-state index in [0.717, 1.165) is 41.0 Å². The molecule has 1 saturated carbocycles. The van der Waals surface area contributed by atoms with Gasteiger partial charge in [-0.3, -0.25) is 19.2 Å². The number of amides is 1. The molecule has 1 N–H and O–H groups in total. The van der Waals surface area contributed by atoms with Crippen LogP contribution in [0, 0.1) is 12.8 Å². The first-order valence-electron chi connectivity index (χ1n) is 9.80. The summed E-state index contributed by atoms with van der Waals surface area (Å²) in [5.41, 5.74) is 5.50. The highest BCUT2D eigenvalue weighted by Gasteiger charge is 2.34. The van der Waals surface area contributed by atoms with Crippen LogP contribution in [0.4, 0.5) is 0 Å². The van der Waals surface area contributed by atoms with Crippen molar-refractivity contribution in [1.82, 2.24) is 24.7 Å². The number of imidazole rings is 1. The van der Waals surface area contributed by atoms with E-state index in [9.17, 15) is 4.79 Å². The average Bonchev–Trinajstić information content (AvgIpc) is 3.50. The number of pyridine rings is 1. The van der Waals surface area contributed by atoms with Gasteiger partial charge in [0.25, 0.3) is 5.91 Å². The molecule has 1 amide bonds. The highest BCUT2D eigenvalue weighted by atomic mass is 16.1. The second-order valence-electron chi connectivity index (χ2n) is 7.57. The summed E-state index contributed by atoms with van der Waals surface area (Å²) in [6.45, 7) is 2.05. The summed E-state index contributed by atoms with van der Waals surface area (Å²) in [5, 5.41) is 3.20. The summed E-state index contributed by atoms with van der Waals surface area (Å²) in [6, 6.07) is 11.6. The Balaban J connectivity index is 1.37. The van der Waals surface area contributed by atoms with Gasteiger partial charge < -0.3 is 5.32 Å². The number of nitrogens with one attached hydrogen (secondary N) is 1. The molecule has 0 bridgehead atoms. The van der Waals surface area contributed by atoms with Crippen LogP contribution in [-0.4, -0.2) is 25.3 Å². The van der Waals surface area contributed by atoms with Crippen LogP contribution >= 0.6 is 0 Å². The third-order valence-corrected chi connectivity index (χ3v) is 5.40. The van der Waals surface area contributed by atoms with Crippen molar-refractivity contribution in [3.8, 4) is 11.3 Å². The molecule has 4 aromatic rings. The number of carbonyl (C=O) groups is 1. The summed E-state index contributed by atoms with van der Waals surface area (Å²) >= 11 is 0. The van der Waals surface area contributed by atoms with Crippen molar-refractivity contribution in [3.63, 3.8) is 0 Å². The fourth-order valence-electron chi connectivity index (χ4n) is 3.67. The van der Waals surface area contributed by atoms with Gasteiger partial charge in [-0.05, 0) is 55.5 Å². The van der Waals surface area contributed by atoms with E-state index >= 15 is 0 Å². The van der Waals surface area contributed by atoms with Crippen molar-refractivity contribution in [2.75, 3.05) is 0 Å². The second-order valence-corrected chi connectivity index (χ2v) is 7.57. The van der Waals surface area contributed by atoms with Gasteiger partial charge in [-0.2, -0.15) is 0 Å². The van der Waals surface area contributed by atoms with E-state index in [1.165, 1.54) is 0 Å². The molecule has 1 atom stereocenters. The molecule has 1 aliphatic carbocycles. The summed E-state index contributed by atoms with van der Waals surface area (Å²) in [5.74, 6) is 0.401. The molecule has 5 rings (SSSR count). The third-order valence-electron chi connectivity index (χ3n) is 5.40. The summed E-state index contributed by atoms with van der Waals surface area (Å²) in [4.78, 5) is 25.9. The molecular formula is C23H21N5O. The molecule has 6 nitrogen and oxygen atoms in total. The number of carbonyl (C=O) groups excluding carboxylic acids is 1. The van der Waals surface area contributed by atoms with Gasteiger partial charge in [-0.25, -0.2) is 4.98 Å². The van der Waals surface area contributed by atoms with E-state index < -0.39 is 0 Å². The Morgan fingerprint density at radius 3 is 2.69 bits per heavy atom. The van der Waals surface area contributed by atoms with Crippen molar-refractivity contribution in [3.05, 3.63) is 84.2 Å². The molecule has 0 radical (unpaired) electrons. The van der Waals surface area contributed by atoms with E-state index in [0.29, 0.717) is 11.5 Å². The zero-order valence-electron chi connectivity index (χ0n) is 16.1. The van der Waals surface area contributed by atoms with Crippen molar-refractivity contribution in [2.45, 2.75) is 25.8 Å². The van der Waals surface area contributed by atoms with Gasteiger partial charge in [0.1, 0.15) is 0 Å². The number of rotatable bonds is 5. The second kappa shape index (κ2) is 7.13. The van der Waals surface area contributed by atoms with E-state index in [-0.39, 0.29) is 11.9 Å². The molecule has 3 aromatic heterocycles. The Bertz CT molecular complexity index is 1180. The first kappa shape index (κ1) is 17.6. The number of hydrogen-bond acceptors (Lipinski definition) is 4. The molecule has 1 aliphatic rings. The van der Waals surface area contributed by atoms with Gasteiger partial charge in [0, 0.05) is 29.7 Å². The van der Waals surface area contributed by atoms with E-state index in [1.807, 2.05) is 60.2 Å². The van der Waals surface area contributed by atoms with Crippen LogP contribution in [0.3, 0.4) is 0 Å². The zero-order valence-corrected chi connectivity index (χ0v) is 16.1. The van der Waals surface area contributed by atoms with Crippen molar-refractivity contribution < 1.29 is 4.79 Å². The predicted molar refractivity (Wildman–Crippen MR) is 110 cm³/mol. The molecule has 0 spiro atoms. The number of fused-ring (bicyclic) bond motifs is 1. The highest BCUT2D eigenvalue weighted by Crippen LogP contribution is 2.40. The first-order valence-corrected chi connectivity index (χ1v) is 9.80. The Labute approximate surface area is 168 Å². The van der Waals surface area contributed by atoms with Crippen LogP contribution in [-0.2, 0) is 0 Å². The average molecular weight is 383 g/mol. The molecule has 29 heavy (non-hydrogen) atoms. The highest BCUT2D eigenvalue weighted by molar-refractivity contribution is 5.95. The van der Waals surface area contributed by atoms with E-state index in [1.54, 1.807) is 12.4 Å². The van der Waals surface area contributed by atoms with Crippen LogP contribution in [0.15, 0.2) is 67.4 Å². The SMILES string of the molecule is Cc1ccnc(C(NC(=O)c2ccc(-c3cnc4cnccn34)cc2)C2CC2)c1. The van der Waals surface area contributed by atoms with Gasteiger partial charge in [0.15, 0.2) is 5.65 Å². The fourth-order valence-corrected chi connectivity index (χ4v) is 3.67. The van der Waals surface area contributed by atoms with Crippen LogP contribution in [0.1, 0.15) is 40.5 Å². The van der Waals surface area contributed by atoms with Crippen LogP contribution < -0.4 is 5.32 Å². The van der Waals surface area contributed by atoms with Crippen molar-refractivity contribution in [2.24, 2.45) is 5.92 Å². The number of nitrogens with zero attached hydrogens (tertiary/aromatic N) is 4. The molecule has 3 heterocycles. The van der Waals surface area contributed by atoms with Crippen LogP contribution in [0.25, 0.3) is 16.9 Å². The third kappa shape index (κ3) is 3.49. The zero-order chi connectivity index (χ0) is 19.8. The molecule has 0 aliphatic heterocycles. The van der Waals surface area contributed by atoms with Crippen molar-refractivity contribution in [1.29, 1.82) is 0 Å². The monoisotopic (exact) mass is 383 g/mol. The largest absolute Gasteiger partial charge is 0.343 e. The van der Waals surface area contributed by atoms with Gasteiger partial charge >= 0.3 is 0 Å². The lowest BCUT2D eigenvalue weighted by Gasteiger charge is -2.18. The number of benzene rings is 1. The minimum absolute atomic E-state index is 0.0339. The molecule has 144 valence electrons. The molecule has 0 saturated heterocycles. The fraction of sp³-hybridized carbons (Fsp3) is 0.217. The summed E-state index contributed by atoms with van der Waals surface area (Å²) in [6.07, 6.45) is 11.2. The maximum Gasteiger partial charge on any atom is 0.251 e. The normalized spacial score (nSPS) is 14.7. The van der Waals surface area contributed by atoms with Gasteiger partial charge in [-0.1, -0.05) is 12.1 Å². The minimum Gasteiger partial charge on any atom is -0.343 e. The smallest absolute Gasteiger partial charge is 0.251 e. The minimum atomic E-state index is -0.0703. The van der Waals surface area contributed by atoms with Gasteiger partial charge in [0.2, 0.25) is 0 Å². The molecular weight excluding hydrogens is 362 g/mol. The number of hydrogen-bond donors (Lipinski definition) is 1. The Morgan fingerprint density at radius 2 is 1.93 bits per heavy atom. The van der Waals surface area contributed by atoms with Gasteiger partial charge in [0.05, 0.1) is 29.8 Å². The Morgan fingerprint density at radius 1 is 1.10 bits per heavy atom. The van der Waals surface area contributed by atoms with Crippen molar-refractivity contribution >= 4 is 11.6 Å². The van der Waals surface area contributed by atoms with E-state index in [2.05, 4.69) is 26.3 Å². The van der Waals surface area contributed by atoms with E-state index in [4.69, 9.17) is 0 Å². The lowest BCUT2D eigenvalue weighted by atomic mass is 10.0. The maximum atomic E-state index is 12.9. The maximum absolute atomic E-state index is 12.9. The molecule has 1 fully saturated rings. The molecule has 6 heteroatoms. The van der Waals surface area contributed by atoms with Crippen LogP contribution in [0.5, 0.6) is 0 Å².